The van der Waals surface area contributed by atoms with Crippen LogP contribution in [0.1, 0.15) is 26.3 Å². The first-order valence-electron chi connectivity index (χ1n) is 9.48. The molecule has 6 nitrogen and oxygen atoms in total. The molecule has 6 heteroatoms. The molecular weight excluding hydrogens is 354 g/mol. The number of likely N-dealkylation sites (N-methyl/N-ethyl adjacent to an activating group) is 1. The summed E-state index contributed by atoms with van der Waals surface area (Å²) in [7, 11) is 1.62. The zero-order chi connectivity index (χ0) is 20.5. The molecule has 2 aromatic rings. The van der Waals surface area contributed by atoms with Gasteiger partial charge in [-0.1, -0.05) is 44.2 Å². The Bertz CT molecular complexity index is 760. The molecule has 2 rings (SSSR count). The summed E-state index contributed by atoms with van der Waals surface area (Å²) in [5.74, 6) is 0.632. The molecule has 1 atom stereocenters. The molecule has 0 bridgehead atoms. The third-order valence-corrected chi connectivity index (χ3v) is 4.48. The summed E-state index contributed by atoms with van der Waals surface area (Å²) in [5, 5.41) is 5.59. The average Bonchev–Trinajstić information content (AvgIpc) is 2.70. The molecule has 0 radical (unpaired) electrons. The molecule has 0 aromatic heterocycles. The Labute approximate surface area is 166 Å². The van der Waals surface area contributed by atoms with E-state index in [9.17, 15) is 9.59 Å². The molecule has 0 saturated heterocycles. The van der Waals surface area contributed by atoms with Gasteiger partial charge in [-0.25, -0.2) is 4.79 Å². The van der Waals surface area contributed by atoms with Gasteiger partial charge in [-0.3, -0.25) is 4.79 Å². The lowest BCUT2D eigenvalue weighted by atomic mass is 10.0. The fraction of sp³-hybridized carbons (Fsp3) is 0.364. The fourth-order valence-corrected chi connectivity index (χ4v) is 2.84. The lowest BCUT2D eigenvalue weighted by Crippen LogP contribution is -2.52. The SMILES string of the molecule is CCN(Cc1ccc(OC)cc1)C(=O)C(NC(=O)Nc1ccccc1)C(C)C. The van der Waals surface area contributed by atoms with E-state index in [0.717, 1.165) is 11.3 Å². The number of ether oxygens (including phenoxy) is 1. The third kappa shape index (κ3) is 6.01. The number of nitrogens with one attached hydrogen (secondary N) is 2. The van der Waals surface area contributed by atoms with Crippen molar-refractivity contribution in [1.82, 2.24) is 10.2 Å². The van der Waals surface area contributed by atoms with Crippen molar-refractivity contribution >= 4 is 17.6 Å². The molecule has 0 aliphatic heterocycles. The molecule has 0 aliphatic carbocycles. The highest BCUT2D eigenvalue weighted by atomic mass is 16.5. The summed E-state index contributed by atoms with van der Waals surface area (Å²) >= 11 is 0. The second-order valence-corrected chi connectivity index (χ2v) is 6.89. The second kappa shape index (κ2) is 10.3. The van der Waals surface area contributed by atoms with E-state index in [1.807, 2.05) is 63.2 Å². The Balaban J connectivity index is 2.04. The largest absolute Gasteiger partial charge is 0.497 e. The summed E-state index contributed by atoms with van der Waals surface area (Å²) in [5.41, 5.74) is 1.69. The number of methoxy groups -OCH3 is 1. The average molecular weight is 383 g/mol. The van der Waals surface area contributed by atoms with Crippen LogP contribution in [0.3, 0.4) is 0 Å². The number of urea groups is 1. The maximum absolute atomic E-state index is 13.1. The molecule has 0 aliphatic rings. The predicted octanol–water partition coefficient (Wildman–Crippen LogP) is 3.89. The first-order chi connectivity index (χ1) is 13.4. The van der Waals surface area contributed by atoms with Crippen LogP contribution in [0.4, 0.5) is 10.5 Å². The van der Waals surface area contributed by atoms with E-state index >= 15 is 0 Å². The van der Waals surface area contributed by atoms with Gasteiger partial charge in [0.2, 0.25) is 5.91 Å². The number of anilines is 1. The van der Waals surface area contributed by atoms with Crippen molar-refractivity contribution in [2.75, 3.05) is 19.0 Å². The number of hydrogen-bond donors (Lipinski definition) is 2. The minimum atomic E-state index is -0.609. The second-order valence-electron chi connectivity index (χ2n) is 6.89. The molecule has 0 spiro atoms. The predicted molar refractivity (Wildman–Crippen MR) is 111 cm³/mol. The fourth-order valence-electron chi connectivity index (χ4n) is 2.84. The van der Waals surface area contributed by atoms with Crippen molar-refractivity contribution in [2.45, 2.75) is 33.4 Å². The quantitative estimate of drug-likeness (QED) is 0.726. The highest BCUT2D eigenvalue weighted by Crippen LogP contribution is 2.15. The molecule has 0 fully saturated rings. The summed E-state index contributed by atoms with van der Waals surface area (Å²) in [6.45, 7) is 6.81. The topological polar surface area (TPSA) is 70.7 Å². The van der Waals surface area contributed by atoms with Gasteiger partial charge in [-0.15, -0.1) is 0 Å². The zero-order valence-electron chi connectivity index (χ0n) is 16.9. The van der Waals surface area contributed by atoms with E-state index < -0.39 is 12.1 Å². The Kier molecular flexibility index (Phi) is 7.87. The smallest absolute Gasteiger partial charge is 0.319 e. The van der Waals surface area contributed by atoms with Crippen LogP contribution in [0.15, 0.2) is 54.6 Å². The molecule has 0 saturated carbocycles. The molecular formula is C22H29N3O3. The summed E-state index contributed by atoms with van der Waals surface area (Å²) < 4.78 is 5.18. The maximum atomic E-state index is 13.1. The number of nitrogens with zero attached hydrogens (tertiary/aromatic N) is 1. The van der Waals surface area contributed by atoms with E-state index in [-0.39, 0.29) is 11.8 Å². The number of amides is 3. The highest BCUT2D eigenvalue weighted by Gasteiger charge is 2.28. The van der Waals surface area contributed by atoms with Gasteiger partial charge in [0.25, 0.3) is 0 Å². The minimum Gasteiger partial charge on any atom is -0.497 e. The van der Waals surface area contributed by atoms with Crippen LogP contribution in [-0.4, -0.2) is 36.5 Å². The summed E-state index contributed by atoms with van der Waals surface area (Å²) in [6, 6.07) is 15.8. The summed E-state index contributed by atoms with van der Waals surface area (Å²) in [6.07, 6.45) is 0. The van der Waals surface area contributed by atoms with Crippen molar-refractivity contribution < 1.29 is 14.3 Å². The van der Waals surface area contributed by atoms with Crippen LogP contribution in [0.5, 0.6) is 5.75 Å². The van der Waals surface area contributed by atoms with Crippen LogP contribution in [0.25, 0.3) is 0 Å². The van der Waals surface area contributed by atoms with Crippen molar-refractivity contribution in [3.05, 3.63) is 60.2 Å². The number of rotatable bonds is 8. The minimum absolute atomic E-state index is 0.0426. The van der Waals surface area contributed by atoms with Crippen molar-refractivity contribution in [1.29, 1.82) is 0 Å². The van der Waals surface area contributed by atoms with Crippen LogP contribution >= 0.6 is 0 Å². The standard InChI is InChI=1S/C22H29N3O3/c1-5-25(15-17-11-13-19(28-4)14-12-17)21(26)20(16(2)3)24-22(27)23-18-9-7-6-8-10-18/h6-14,16,20H,5,15H2,1-4H3,(H2,23,24,27). The van der Waals surface area contributed by atoms with E-state index in [1.165, 1.54) is 0 Å². The van der Waals surface area contributed by atoms with Crippen LogP contribution in [-0.2, 0) is 11.3 Å². The zero-order valence-corrected chi connectivity index (χ0v) is 16.9. The molecule has 1 unspecified atom stereocenters. The third-order valence-electron chi connectivity index (χ3n) is 4.48. The van der Waals surface area contributed by atoms with Gasteiger partial charge >= 0.3 is 6.03 Å². The van der Waals surface area contributed by atoms with Gasteiger partial charge in [-0.2, -0.15) is 0 Å². The van der Waals surface area contributed by atoms with E-state index in [4.69, 9.17) is 4.74 Å². The van der Waals surface area contributed by atoms with E-state index in [2.05, 4.69) is 10.6 Å². The number of para-hydroxylation sites is 1. The molecule has 150 valence electrons. The van der Waals surface area contributed by atoms with Gasteiger partial charge in [0.05, 0.1) is 7.11 Å². The van der Waals surface area contributed by atoms with Gasteiger partial charge in [0.15, 0.2) is 0 Å². The Morgan fingerprint density at radius 3 is 2.21 bits per heavy atom. The summed E-state index contributed by atoms with van der Waals surface area (Å²) in [4.78, 5) is 27.2. The Hall–Kier alpha value is -3.02. The van der Waals surface area contributed by atoms with Gasteiger partial charge in [-0.05, 0) is 42.7 Å². The van der Waals surface area contributed by atoms with Crippen LogP contribution < -0.4 is 15.4 Å². The first-order valence-corrected chi connectivity index (χ1v) is 9.48. The highest BCUT2D eigenvalue weighted by molar-refractivity contribution is 5.93. The number of carbonyl (C=O) groups is 2. The van der Waals surface area contributed by atoms with Crippen molar-refractivity contribution in [2.24, 2.45) is 5.92 Å². The maximum Gasteiger partial charge on any atom is 0.319 e. The normalized spacial score (nSPS) is 11.6. The van der Waals surface area contributed by atoms with Crippen molar-refractivity contribution in [3.8, 4) is 5.75 Å². The van der Waals surface area contributed by atoms with E-state index in [1.54, 1.807) is 24.1 Å². The lowest BCUT2D eigenvalue weighted by molar-refractivity contribution is -0.134. The van der Waals surface area contributed by atoms with Crippen LogP contribution in [0, 0.1) is 5.92 Å². The van der Waals surface area contributed by atoms with Crippen molar-refractivity contribution in [3.63, 3.8) is 0 Å². The molecule has 2 aromatic carbocycles. The lowest BCUT2D eigenvalue weighted by Gasteiger charge is -2.29. The first kappa shape index (κ1) is 21.3. The molecule has 0 heterocycles. The van der Waals surface area contributed by atoms with Gasteiger partial charge in [0.1, 0.15) is 11.8 Å². The molecule has 28 heavy (non-hydrogen) atoms. The Morgan fingerprint density at radius 1 is 1.04 bits per heavy atom. The van der Waals surface area contributed by atoms with Crippen LogP contribution in [0.2, 0.25) is 0 Å². The number of hydrogen-bond acceptors (Lipinski definition) is 3. The number of carbonyl (C=O) groups excluding carboxylic acids is 2. The van der Waals surface area contributed by atoms with Gasteiger partial charge < -0.3 is 20.3 Å². The number of benzene rings is 2. The Morgan fingerprint density at radius 2 is 1.68 bits per heavy atom. The molecule has 2 N–H and O–H groups in total. The van der Waals surface area contributed by atoms with Gasteiger partial charge in [0, 0.05) is 18.8 Å². The monoisotopic (exact) mass is 383 g/mol. The molecule has 3 amide bonds. The van der Waals surface area contributed by atoms with E-state index in [0.29, 0.717) is 18.8 Å².